The molecule has 0 fully saturated rings. The van der Waals surface area contributed by atoms with Gasteiger partial charge in [-0.1, -0.05) is 0 Å². The second-order valence-corrected chi connectivity index (χ2v) is 3.76. The molecule has 19 heavy (non-hydrogen) atoms. The summed E-state index contributed by atoms with van der Waals surface area (Å²) in [6.45, 7) is -0.166. The van der Waals surface area contributed by atoms with Crippen molar-refractivity contribution in [2.75, 3.05) is 13.7 Å². The van der Waals surface area contributed by atoms with Crippen molar-refractivity contribution in [3.63, 3.8) is 0 Å². The van der Waals surface area contributed by atoms with Gasteiger partial charge in [-0.15, -0.1) is 0 Å². The van der Waals surface area contributed by atoms with E-state index < -0.39 is 33.1 Å². The molecule has 100 valence electrons. The number of nitro groups is 2. The van der Waals surface area contributed by atoms with E-state index in [0.29, 0.717) is 0 Å². The van der Waals surface area contributed by atoms with Crippen molar-refractivity contribution in [1.82, 2.24) is 0 Å². The van der Waals surface area contributed by atoms with E-state index in [1.165, 1.54) is 7.11 Å². The summed E-state index contributed by atoms with van der Waals surface area (Å²) in [5, 5.41) is 21.6. The maximum absolute atomic E-state index is 11.9. The molecule has 0 saturated carbocycles. The van der Waals surface area contributed by atoms with Crippen LogP contribution in [0.15, 0.2) is 12.1 Å². The van der Waals surface area contributed by atoms with Crippen LogP contribution >= 0.6 is 0 Å². The third-order valence-corrected chi connectivity index (χ3v) is 2.68. The summed E-state index contributed by atoms with van der Waals surface area (Å²) in [5.74, 6) is -0.829. The minimum absolute atomic E-state index is 0.166. The first-order chi connectivity index (χ1) is 8.95. The Bertz CT molecular complexity index is 583. The van der Waals surface area contributed by atoms with Gasteiger partial charge < -0.3 is 9.47 Å². The highest BCUT2D eigenvalue weighted by molar-refractivity contribution is 6.04. The molecule has 1 aliphatic rings. The largest absolute Gasteiger partial charge is 0.483 e. The number of nitrogens with zero attached hydrogens (tertiary/aromatic N) is 2. The average molecular weight is 268 g/mol. The Kier molecular flexibility index (Phi) is 3.13. The second-order valence-electron chi connectivity index (χ2n) is 3.76. The lowest BCUT2D eigenvalue weighted by Crippen LogP contribution is -2.34. The molecule has 0 aromatic heterocycles. The number of non-ortho nitro benzene ring substituents is 1. The molecule has 0 saturated heterocycles. The average Bonchev–Trinajstić information content (AvgIpc) is 2.38. The Labute approximate surface area is 106 Å². The first-order valence-electron chi connectivity index (χ1n) is 5.12. The van der Waals surface area contributed by atoms with Crippen molar-refractivity contribution in [3.8, 4) is 5.75 Å². The Balaban J connectivity index is 2.65. The highest BCUT2D eigenvalue weighted by Crippen LogP contribution is 2.38. The first kappa shape index (κ1) is 12.9. The lowest BCUT2D eigenvalue weighted by atomic mass is 10.0. The van der Waals surface area contributed by atoms with E-state index in [-0.39, 0.29) is 17.9 Å². The van der Waals surface area contributed by atoms with Crippen molar-refractivity contribution in [2.45, 2.75) is 6.10 Å². The van der Waals surface area contributed by atoms with E-state index in [9.17, 15) is 25.0 Å². The number of carbonyl (C=O) groups is 1. The van der Waals surface area contributed by atoms with Gasteiger partial charge in [0, 0.05) is 13.2 Å². The molecule has 0 aliphatic carbocycles. The molecule has 0 spiro atoms. The Morgan fingerprint density at radius 3 is 2.53 bits per heavy atom. The van der Waals surface area contributed by atoms with Crippen molar-refractivity contribution in [3.05, 3.63) is 37.9 Å². The molecular formula is C10H8N2O7. The Morgan fingerprint density at radius 2 is 2.00 bits per heavy atom. The fraction of sp³-hybridized carbons (Fsp3) is 0.300. The fourth-order valence-corrected chi connectivity index (χ4v) is 1.76. The summed E-state index contributed by atoms with van der Waals surface area (Å²) in [7, 11) is 1.28. The van der Waals surface area contributed by atoms with Gasteiger partial charge in [0.25, 0.3) is 5.69 Å². The third kappa shape index (κ3) is 2.10. The predicted octanol–water partition coefficient (Wildman–Crippen LogP) is 1.09. The number of benzene rings is 1. The first-order valence-corrected chi connectivity index (χ1v) is 5.12. The highest BCUT2D eigenvalue weighted by atomic mass is 16.6. The molecule has 0 radical (unpaired) electrons. The van der Waals surface area contributed by atoms with Crippen LogP contribution in [0.3, 0.4) is 0 Å². The number of nitro benzene ring substituents is 2. The molecule has 0 amide bonds. The van der Waals surface area contributed by atoms with Gasteiger partial charge in [-0.2, -0.15) is 0 Å². The van der Waals surface area contributed by atoms with Crippen LogP contribution < -0.4 is 4.74 Å². The predicted molar refractivity (Wildman–Crippen MR) is 60.4 cm³/mol. The number of fused-ring (bicyclic) bond motifs is 1. The summed E-state index contributed by atoms with van der Waals surface area (Å²) in [6, 6.07) is 1.72. The van der Waals surface area contributed by atoms with Crippen LogP contribution in [0.1, 0.15) is 10.4 Å². The number of Topliss-reactive ketones (excluding diaryl/α,β-unsaturated/α-hetero) is 1. The van der Waals surface area contributed by atoms with Crippen molar-refractivity contribution in [2.24, 2.45) is 0 Å². The molecule has 0 N–H and O–H groups in total. The summed E-state index contributed by atoms with van der Waals surface area (Å²) < 4.78 is 9.96. The molecule has 1 unspecified atom stereocenters. The maximum Gasteiger partial charge on any atom is 0.318 e. The number of ketones is 1. The topological polar surface area (TPSA) is 122 Å². The zero-order valence-corrected chi connectivity index (χ0v) is 9.69. The summed E-state index contributed by atoms with van der Waals surface area (Å²) in [4.78, 5) is 31.9. The molecular weight excluding hydrogens is 260 g/mol. The molecule has 2 rings (SSSR count). The minimum atomic E-state index is -0.922. The van der Waals surface area contributed by atoms with Crippen molar-refractivity contribution < 1.29 is 24.1 Å². The van der Waals surface area contributed by atoms with Crippen LogP contribution in [0.5, 0.6) is 5.75 Å². The second kappa shape index (κ2) is 4.61. The quantitative estimate of drug-likeness (QED) is 0.593. The molecule has 1 aromatic carbocycles. The molecule has 9 nitrogen and oxygen atoms in total. The van der Waals surface area contributed by atoms with Crippen molar-refractivity contribution >= 4 is 17.2 Å². The normalized spacial score (nSPS) is 17.5. The van der Waals surface area contributed by atoms with Crippen LogP contribution in [0.2, 0.25) is 0 Å². The van der Waals surface area contributed by atoms with Crippen molar-refractivity contribution in [1.29, 1.82) is 0 Å². The molecule has 9 heteroatoms. The SMILES string of the molecule is COC1COc2c(cc([N+](=O)[O-])cc2[N+](=O)[O-])C1=O. The van der Waals surface area contributed by atoms with E-state index in [1.807, 2.05) is 0 Å². The van der Waals surface area contributed by atoms with Gasteiger partial charge in [0.2, 0.25) is 5.75 Å². The van der Waals surface area contributed by atoms with Gasteiger partial charge in [-0.05, 0) is 0 Å². The number of hydrogen-bond acceptors (Lipinski definition) is 7. The fourth-order valence-electron chi connectivity index (χ4n) is 1.76. The van der Waals surface area contributed by atoms with E-state index in [0.717, 1.165) is 12.1 Å². The standard InChI is InChI=1S/C10H8N2O7/c1-18-8-4-19-10-6(9(8)13)2-5(11(14)15)3-7(10)12(16)17/h2-3,8H,4H2,1H3. The van der Waals surface area contributed by atoms with Gasteiger partial charge >= 0.3 is 5.69 Å². The van der Waals surface area contributed by atoms with E-state index in [4.69, 9.17) is 9.47 Å². The van der Waals surface area contributed by atoms with Gasteiger partial charge in [-0.3, -0.25) is 25.0 Å². The van der Waals surface area contributed by atoms with Gasteiger partial charge in [0.15, 0.2) is 11.9 Å². The number of rotatable bonds is 3. The van der Waals surface area contributed by atoms with Crippen LogP contribution in [-0.4, -0.2) is 35.5 Å². The molecule has 1 aromatic rings. The number of methoxy groups -OCH3 is 1. The van der Waals surface area contributed by atoms with Crippen LogP contribution in [0.4, 0.5) is 11.4 Å². The lowest BCUT2D eigenvalue weighted by molar-refractivity contribution is -0.394. The van der Waals surface area contributed by atoms with Crippen LogP contribution in [-0.2, 0) is 4.74 Å². The smallest absolute Gasteiger partial charge is 0.318 e. The zero-order chi connectivity index (χ0) is 14.2. The highest BCUT2D eigenvalue weighted by Gasteiger charge is 2.36. The summed E-state index contributed by atoms with van der Waals surface area (Å²) in [5.41, 5.74) is -1.36. The summed E-state index contributed by atoms with van der Waals surface area (Å²) >= 11 is 0. The number of hydrogen-bond donors (Lipinski definition) is 0. The monoisotopic (exact) mass is 268 g/mol. The molecule has 1 atom stereocenters. The Morgan fingerprint density at radius 1 is 1.32 bits per heavy atom. The number of carbonyl (C=O) groups excluding carboxylic acids is 1. The minimum Gasteiger partial charge on any atom is -0.483 e. The van der Waals surface area contributed by atoms with Gasteiger partial charge in [0.05, 0.1) is 21.5 Å². The van der Waals surface area contributed by atoms with E-state index in [1.54, 1.807) is 0 Å². The zero-order valence-electron chi connectivity index (χ0n) is 9.69. The molecule has 0 bridgehead atoms. The number of ether oxygens (including phenoxy) is 2. The molecule has 1 heterocycles. The molecule has 1 aliphatic heterocycles. The maximum atomic E-state index is 11.9. The van der Waals surface area contributed by atoms with Crippen LogP contribution in [0.25, 0.3) is 0 Å². The van der Waals surface area contributed by atoms with Crippen LogP contribution in [0, 0.1) is 20.2 Å². The Hall–Kier alpha value is -2.55. The van der Waals surface area contributed by atoms with E-state index in [2.05, 4.69) is 0 Å². The van der Waals surface area contributed by atoms with Gasteiger partial charge in [-0.25, -0.2) is 0 Å². The van der Waals surface area contributed by atoms with E-state index >= 15 is 0 Å². The lowest BCUT2D eigenvalue weighted by Gasteiger charge is -2.22. The van der Waals surface area contributed by atoms with Gasteiger partial charge in [0.1, 0.15) is 6.61 Å². The third-order valence-electron chi connectivity index (χ3n) is 2.68. The summed E-state index contributed by atoms with van der Waals surface area (Å²) in [6.07, 6.45) is -0.922.